The summed E-state index contributed by atoms with van der Waals surface area (Å²) >= 11 is 1.84. The average molecular weight is 302 g/mol. The molecule has 5 nitrogen and oxygen atoms in total. The van der Waals surface area contributed by atoms with Crippen molar-refractivity contribution in [2.75, 3.05) is 6.26 Å². The van der Waals surface area contributed by atoms with Crippen molar-refractivity contribution in [2.24, 2.45) is 5.92 Å². The van der Waals surface area contributed by atoms with Crippen LogP contribution in [0.15, 0.2) is 0 Å². The van der Waals surface area contributed by atoms with Gasteiger partial charge in [-0.2, -0.15) is 11.8 Å². The maximum absolute atomic E-state index is 11.9. The van der Waals surface area contributed by atoms with Gasteiger partial charge in [-0.05, 0) is 37.9 Å². The summed E-state index contributed by atoms with van der Waals surface area (Å²) in [5.41, 5.74) is 0. The molecule has 0 aromatic rings. The van der Waals surface area contributed by atoms with Crippen molar-refractivity contribution in [3.63, 3.8) is 0 Å². The van der Waals surface area contributed by atoms with Gasteiger partial charge in [0.2, 0.25) is 0 Å². The Morgan fingerprint density at radius 1 is 1.35 bits per heavy atom. The zero-order valence-electron chi connectivity index (χ0n) is 12.5. The minimum absolute atomic E-state index is 0.162. The van der Waals surface area contributed by atoms with E-state index in [4.69, 9.17) is 5.11 Å². The summed E-state index contributed by atoms with van der Waals surface area (Å²) in [5.74, 6) is -0.744. The van der Waals surface area contributed by atoms with Crippen LogP contribution in [0.25, 0.3) is 0 Å². The topological polar surface area (TPSA) is 78.4 Å². The molecule has 20 heavy (non-hydrogen) atoms. The Kier molecular flexibility index (Phi) is 7.19. The van der Waals surface area contributed by atoms with Crippen molar-refractivity contribution < 1.29 is 14.7 Å². The summed E-state index contributed by atoms with van der Waals surface area (Å²) in [7, 11) is 0. The van der Waals surface area contributed by atoms with Crippen molar-refractivity contribution in [3.05, 3.63) is 0 Å². The van der Waals surface area contributed by atoms with Gasteiger partial charge in [-0.15, -0.1) is 0 Å². The minimum atomic E-state index is -0.973. The summed E-state index contributed by atoms with van der Waals surface area (Å²) in [4.78, 5) is 23.0. The summed E-state index contributed by atoms with van der Waals surface area (Å²) < 4.78 is 0. The van der Waals surface area contributed by atoms with E-state index in [0.29, 0.717) is 11.7 Å². The van der Waals surface area contributed by atoms with E-state index in [1.54, 1.807) is 0 Å². The van der Waals surface area contributed by atoms with Crippen molar-refractivity contribution in [1.82, 2.24) is 10.6 Å². The molecule has 3 atom stereocenters. The second-order valence-corrected chi connectivity index (χ2v) is 7.00. The molecule has 6 heteroatoms. The van der Waals surface area contributed by atoms with Gasteiger partial charge in [-0.25, -0.2) is 9.59 Å². The zero-order chi connectivity index (χ0) is 15.1. The standard InChI is InChI=1S/C14H26N2O3S/c1-9(2)7-12(13(17)18)16-14(19)15-10-5-4-6-11(8-10)20-3/h9-12H,4-8H2,1-3H3,(H,17,18)(H2,15,16,19). The number of hydrogen-bond acceptors (Lipinski definition) is 3. The van der Waals surface area contributed by atoms with E-state index in [9.17, 15) is 9.59 Å². The Hall–Kier alpha value is -0.910. The Labute approximate surface area is 125 Å². The van der Waals surface area contributed by atoms with Crippen LogP contribution in [0.4, 0.5) is 4.79 Å². The number of carbonyl (C=O) groups excluding carboxylic acids is 1. The Bertz CT molecular complexity index is 336. The van der Waals surface area contributed by atoms with Crippen molar-refractivity contribution in [2.45, 2.75) is 63.3 Å². The van der Waals surface area contributed by atoms with Crippen LogP contribution in [-0.4, -0.2) is 40.7 Å². The number of urea groups is 1. The molecular weight excluding hydrogens is 276 g/mol. The fourth-order valence-corrected chi connectivity index (χ4v) is 3.40. The van der Waals surface area contributed by atoms with Crippen LogP contribution in [0.1, 0.15) is 46.0 Å². The normalized spacial score (nSPS) is 24.2. The first kappa shape index (κ1) is 17.1. The molecule has 0 saturated heterocycles. The van der Waals surface area contributed by atoms with Crippen LogP contribution in [0, 0.1) is 5.92 Å². The minimum Gasteiger partial charge on any atom is -0.480 e. The summed E-state index contributed by atoms with van der Waals surface area (Å²) in [5, 5.41) is 15.2. The van der Waals surface area contributed by atoms with Gasteiger partial charge in [-0.3, -0.25) is 0 Å². The lowest BCUT2D eigenvalue weighted by atomic mass is 9.95. The summed E-state index contributed by atoms with van der Waals surface area (Å²) in [6, 6.07) is -1.01. The molecule has 0 heterocycles. The smallest absolute Gasteiger partial charge is 0.326 e. The van der Waals surface area contributed by atoms with Gasteiger partial charge >= 0.3 is 12.0 Å². The number of rotatable bonds is 6. The van der Waals surface area contributed by atoms with Crippen molar-refractivity contribution in [3.8, 4) is 0 Å². The van der Waals surface area contributed by atoms with Crippen molar-refractivity contribution >= 4 is 23.8 Å². The molecule has 1 fully saturated rings. The first-order valence-electron chi connectivity index (χ1n) is 7.25. The maximum Gasteiger partial charge on any atom is 0.326 e. The van der Waals surface area contributed by atoms with E-state index < -0.39 is 12.0 Å². The van der Waals surface area contributed by atoms with Crippen LogP contribution in [-0.2, 0) is 4.79 Å². The number of amides is 2. The summed E-state index contributed by atoms with van der Waals surface area (Å²) in [6.07, 6.45) is 6.80. The SMILES string of the molecule is CSC1CCCC(NC(=O)NC(CC(C)C)C(=O)O)C1. The van der Waals surface area contributed by atoms with Gasteiger partial charge in [0.25, 0.3) is 0 Å². The lowest BCUT2D eigenvalue weighted by molar-refractivity contribution is -0.139. The third-order valence-corrected chi connectivity index (χ3v) is 4.70. The Morgan fingerprint density at radius 3 is 2.60 bits per heavy atom. The van der Waals surface area contributed by atoms with Gasteiger partial charge in [0.1, 0.15) is 6.04 Å². The fraction of sp³-hybridized carbons (Fsp3) is 0.857. The van der Waals surface area contributed by atoms with Gasteiger partial charge in [-0.1, -0.05) is 20.3 Å². The highest BCUT2D eigenvalue weighted by atomic mass is 32.2. The molecule has 0 aromatic carbocycles. The average Bonchev–Trinajstić information content (AvgIpc) is 2.37. The predicted molar refractivity (Wildman–Crippen MR) is 82.1 cm³/mol. The van der Waals surface area contributed by atoms with E-state index in [-0.39, 0.29) is 18.0 Å². The molecule has 2 amide bonds. The lowest BCUT2D eigenvalue weighted by Gasteiger charge is -2.29. The highest BCUT2D eigenvalue weighted by Gasteiger charge is 2.25. The van der Waals surface area contributed by atoms with Crippen LogP contribution in [0.5, 0.6) is 0 Å². The number of carboxylic acid groups (broad SMARTS) is 1. The first-order valence-corrected chi connectivity index (χ1v) is 8.53. The molecule has 0 aromatic heterocycles. The molecule has 1 aliphatic carbocycles. The second kappa shape index (κ2) is 8.39. The largest absolute Gasteiger partial charge is 0.480 e. The van der Waals surface area contributed by atoms with Crippen LogP contribution >= 0.6 is 11.8 Å². The number of carboxylic acids is 1. The Balaban J connectivity index is 2.42. The van der Waals surface area contributed by atoms with Gasteiger partial charge in [0.05, 0.1) is 0 Å². The molecule has 1 rings (SSSR count). The van der Waals surface area contributed by atoms with Gasteiger partial charge < -0.3 is 15.7 Å². The summed E-state index contributed by atoms with van der Waals surface area (Å²) in [6.45, 7) is 3.89. The zero-order valence-corrected chi connectivity index (χ0v) is 13.3. The second-order valence-electron chi connectivity index (χ2n) is 5.86. The quantitative estimate of drug-likeness (QED) is 0.704. The van der Waals surface area contributed by atoms with E-state index >= 15 is 0 Å². The molecule has 0 spiro atoms. The molecule has 1 saturated carbocycles. The van der Waals surface area contributed by atoms with Crippen LogP contribution in [0.2, 0.25) is 0 Å². The number of nitrogens with one attached hydrogen (secondary N) is 2. The molecule has 1 aliphatic rings. The molecule has 0 aliphatic heterocycles. The van der Waals surface area contributed by atoms with E-state index in [1.807, 2.05) is 25.6 Å². The Morgan fingerprint density at radius 2 is 2.05 bits per heavy atom. The number of aliphatic carboxylic acids is 1. The fourth-order valence-electron chi connectivity index (χ4n) is 2.57. The number of hydrogen-bond donors (Lipinski definition) is 3. The molecular formula is C14H26N2O3S. The number of thioether (sulfide) groups is 1. The van der Waals surface area contributed by atoms with E-state index in [1.165, 1.54) is 6.42 Å². The van der Waals surface area contributed by atoms with E-state index in [2.05, 4.69) is 16.9 Å². The maximum atomic E-state index is 11.9. The lowest BCUT2D eigenvalue weighted by Crippen LogP contribution is -2.50. The van der Waals surface area contributed by atoms with Crippen LogP contribution < -0.4 is 10.6 Å². The first-order chi connectivity index (χ1) is 9.42. The highest BCUT2D eigenvalue weighted by Crippen LogP contribution is 2.26. The highest BCUT2D eigenvalue weighted by molar-refractivity contribution is 7.99. The monoisotopic (exact) mass is 302 g/mol. The molecule has 3 unspecified atom stereocenters. The molecule has 3 N–H and O–H groups in total. The van der Waals surface area contributed by atoms with Crippen LogP contribution in [0.3, 0.4) is 0 Å². The third kappa shape index (κ3) is 6.03. The molecule has 0 bridgehead atoms. The van der Waals surface area contributed by atoms with Crippen molar-refractivity contribution in [1.29, 1.82) is 0 Å². The molecule has 116 valence electrons. The number of carbonyl (C=O) groups is 2. The van der Waals surface area contributed by atoms with Gasteiger partial charge in [0, 0.05) is 11.3 Å². The van der Waals surface area contributed by atoms with E-state index in [0.717, 1.165) is 19.3 Å². The third-order valence-electron chi connectivity index (χ3n) is 3.61. The predicted octanol–water partition coefficient (Wildman–Crippen LogP) is 2.46. The van der Waals surface area contributed by atoms with Gasteiger partial charge in [0.15, 0.2) is 0 Å². The molecule has 0 radical (unpaired) electrons.